The quantitative estimate of drug-likeness (QED) is 0.823. The molecule has 1 heterocycles. The highest BCUT2D eigenvalue weighted by molar-refractivity contribution is 5.33. The minimum Gasteiger partial charge on any atom is -0.381 e. The lowest BCUT2D eigenvalue weighted by atomic mass is 9.93. The summed E-state index contributed by atoms with van der Waals surface area (Å²) >= 11 is 0. The van der Waals surface area contributed by atoms with Crippen molar-refractivity contribution >= 4 is 0 Å². The van der Waals surface area contributed by atoms with Gasteiger partial charge >= 0.3 is 0 Å². The van der Waals surface area contributed by atoms with Gasteiger partial charge < -0.3 is 10.1 Å². The van der Waals surface area contributed by atoms with Crippen LogP contribution in [-0.4, -0.2) is 25.8 Å². The summed E-state index contributed by atoms with van der Waals surface area (Å²) in [6.07, 6.45) is 2.33. The second-order valence-corrected chi connectivity index (χ2v) is 4.79. The lowest BCUT2D eigenvalue weighted by Gasteiger charge is -2.27. The molecule has 1 aromatic rings. The zero-order valence-electron chi connectivity index (χ0n) is 11.0. The molecule has 0 spiro atoms. The molecule has 2 nitrogen and oxygen atoms in total. The van der Waals surface area contributed by atoms with Crippen molar-refractivity contribution < 1.29 is 4.74 Å². The van der Waals surface area contributed by atoms with Gasteiger partial charge in [0, 0.05) is 24.8 Å². The highest BCUT2D eigenvalue weighted by atomic mass is 16.5. The second kappa shape index (κ2) is 7.20. The van der Waals surface area contributed by atoms with Gasteiger partial charge in [-0.3, -0.25) is 0 Å². The first kappa shape index (κ1) is 13.1. The van der Waals surface area contributed by atoms with E-state index in [4.69, 9.17) is 4.74 Å². The Hall–Kier alpha value is -1.30. The van der Waals surface area contributed by atoms with Crippen molar-refractivity contribution in [3.8, 4) is 11.8 Å². The summed E-state index contributed by atoms with van der Waals surface area (Å²) in [6, 6.07) is 10.6. The summed E-state index contributed by atoms with van der Waals surface area (Å²) in [5.41, 5.74) is 1.08. The van der Waals surface area contributed by atoms with E-state index in [1.165, 1.54) is 12.8 Å². The lowest BCUT2D eigenvalue weighted by molar-refractivity contribution is 0.0565. The molecule has 1 atom stereocenters. The van der Waals surface area contributed by atoms with Crippen LogP contribution in [0.3, 0.4) is 0 Å². The maximum Gasteiger partial charge on any atom is 0.0582 e. The Balaban J connectivity index is 1.73. The van der Waals surface area contributed by atoms with Crippen LogP contribution >= 0.6 is 0 Å². The first-order valence-corrected chi connectivity index (χ1v) is 6.71. The summed E-state index contributed by atoms with van der Waals surface area (Å²) in [7, 11) is 0. The first-order chi connectivity index (χ1) is 8.86. The fourth-order valence-electron chi connectivity index (χ4n) is 2.26. The third-order valence-corrected chi connectivity index (χ3v) is 3.49. The molecule has 1 fully saturated rings. The minimum absolute atomic E-state index is 0.527. The normalized spacial score (nSPS) is 17.8. The van der Waals surface area contributed by atoms with E-state index in [9.17, 15) is 0 Å². The van der Waals surface area contributed by atoms with Crippen molar-refractivity contribution in [2.45, 2.75) is 25.8 Å². The summed E-state index contributed by atoms with van der Waals surface area (Å²) in [5, 5.41) is 3.49. The molecule has 0 aromatic heterocycles. The standard InChI is InChI=1S/C16H21NO/c1-14(16-9-12-18-13-10-16)17-11-5-8-15-6-3-2-4-7-15/h2-4,6-7,14,16-17H,9-13H2,1H3/t14-/m1/s1. The number of hydrogen-bond acceptors (Lipinski definition) is 2. The average Bonchev–Trinajstić information content (AvgIpc) is 2.45. The van der Waals surface area contributed by atoms with Crippen LogP contribution in [0.5, 0.6) is 0 Å². The smallest absolute Gasteiger partial charge is 0.0582 e. The second-order valence-electron chi connectivity index (χ2n) is 4.79. The van der Waals surface area contributed by atoms with Gasteiger partial charge in [0.1, 0.15) is 0 Å². The maximum absolute atomic E-state index is 5.38. The van der Waals surface area contributed by atoms with Gasteiger partial charge in [0.05, 0.1) is 6.54 Å². The van der Waals surface area contributed by atoms with Gasteiger partial charge in [0.15, 0.2) is 0 Å². The Labute approximate surface area is 110 Å². The van der Waals surface area contributed by atoms with Crippen LogP contribution in [0.4, 0.5) is 0 Å². The highest BCUT2D eigenvalue weighted by Gasteiger charge is 2.19. The lowest BCUT2D eigenvalue weighted by Crippen LogP contribution is -2.36. The van der Waals surface area contributed by atoms with Crippen LogP contribution in [0, 0.1) is 17.8 Å². The van der Waals surface area contributed by atoms with E-state index in [1.54, 1.807) is 0 Å². The van der Waals surface area contributed by atoms with Crippen molar-refractivity contribution in [3.05, 3.63) is 35.9 Å². The van der Waals surface area contributed by atoms with E-state index in [0.717, 1.165) is 31.2 Å². The van der Waals surface area contributed by atoms with E-state index >= 15 is 0 Å². The zero-order chi connectivity index (χ0) is 12.6. The minimum atomic E-state index is 0.527. The molecule has 18 heavy (non-hydrogen) atoms. The van der Waals surface area contributed by atoms with Gasteiger partial charge in [0.2, 0.25) is 0 Å². The molecule has 1 aliphatic rings. The van der Waals surface area contributed by atoms with Crippen molar-refractivity contribution in [1.29, 1.82) is 0 Å². The predicted octanol–water partition coefficient (Wildman–Crippen LogP) is 2.44. The molecular formula is C16H21NO. The van der Waals surface area contributed by atoms with Gasteiger partial charge in [-0.1, -0.05) is 30.0 Å². The van der Waals surface area contributed by atoms with Crippen molar-refractivity contribution in [2.75, 3.05) is 19.8 Å². The zero-order valence-corrected chi connectivity index (χ0v) is 11.0. The highest BCUT2D eigenvalue weighted by Crippen LogP contribution is 2.18. The Bertz CT molecular complexity index is 398. The molecule has 0 unspecified atom stereocenters. The Morgan fingerprint density at radius 2 is 2.00 bits per heavy atom. The predicted molar refractivity (Wildman–Crippen MR) is 74.3 cm³/mol. The van der Waals surface area contributed by atoms with Crippen LogP contribution < -0.4 is 5.32 Å². The monoisotopic (exact) mass is 243 g/mol. The maximum atomic E-state index is 5.38. The number of ether oxygens (including phenoxy) is 1. The van der Waals surface area contributed by atoms with E-state index in [0.29, 0.717) is 6.04 Å². The van der Waals surface area contributed by atoms with Gasteiger partial charge in [-0.2, -0.15) is 0 Å². The molecule has 0 bridgehead atoms. The number of rotatable bonds is 3. The molecule has 0 saturated carbocycles. The van der Waals surface area contributed by atoms with Gasteiger partial charge in [-0.15, -0.1) is 0 Å². The molecule has 2 heteroatoms. The van der Waals surface area contributed by atoms with Crippen LogP contribution in [0.15, 0.2) is 30.3 Å². The number of benzene rings is 1. The third kappa shape index (κ3) is 4.18. The average molecular weight is 243 g/mol. The molecule has 1 aromatic carbocycles. The summed E-state index contributed by atoms with van der Waals surface area (Å²) in [5.74, 6) is 7.08. The molecule has 0 radical (unpaired) electrons. The summed E-state index contributed by atoms with van der Waals surface area (Å²) in [4.78, 5) is 0. The Kier molecular flexibility index (Phi) is 5.26. The SMILES string of the molecule is C[C@@H](NCC#Cc1ccccc1)C1CCOCC1. The van der Waals surface area contributed by atoms with Crippen LogP contribution in [0.1, 0.15) is 25.3 Å². The van der Waals surface area contributed by atoms with Crippen molar-refractivity contribution in [2.24, 2.45) is 5.92 Å². The Morgan fingerprint density at radius 1 is 1.28 bits per heavy atom. The van der Waals surface area contributed by atoms with Gasteiger partial charge in [0.25, 0.3) is 0 Å². The third-order valence-electron chi connectivity index (χ3n) is 3.49. The molecular weight excluding hydrogens is 222 g/mol. The molecule has 0 amide bonds. The molecule has 96 valence electrons. The van der Waals surface area contributed by atoms with E-state index in [-0.39, 0.29) is 0 Å². The van der Waals surface area contributed by atoms with Crippen LogP contribution in [0.2, 0.25) is 0 Å². The number of hydrogen-bond donors (Lipinski definition) is 1. The summed E-state index contributed by atoms with van der Waals surface area (Å²) < 4.78 is 5.38. The van der Waals surface area contributed by atoms with Gasteiger partial charge in [-0.05, 0) is 37.8 Å². The number of nitrogens with one attached hydrogen (secondary N) is 1. The molecule has 2 rings (SSSR count). The fourth-order valence-corrected chi connectivity index (χ4v) is 2.26. The first-order valence-electron chi connectivity index (χ1n) is 6.71. The van der Waals surface area contributed by atoms with Crippen LogP contribution in [0.25, 0.3) is 0 Å². The van der Waals surface area contributed by atoms with Crippen molar-refractivity contribution in [1.82, 2.24) is 5.32 Å². The van der Waals surface area contributed by atoms with Gasteiger partial charge in [-0.25, -0.2) is 0 Å². The van der Waals surface area contributed by atoms with Crippen molar-refractivity contribution in [3.63, 3.8) is 0 Å². The van der Waals surface area contributed by atoms with E-state index in [2.05, 4.69) is 24.1 Å². The Morgan fingerprint density at radius 3 is 2.72 bits per heavy atom. The molecule has 0 aliphatic carbocycles. The molecule has 1 N–H and O–H groups in total. The largest absolute Gasteiger partial charge is 0.381 e. The molecule has 1 saturated heterocycles. The fraction of sp³-hybridized carbons (Fsp3) is 0.500. The molecule has 1 aliphatic heterocycles. The van der Waals surface area contributed by atoms with E-state index < -0.39 is 0 Å². The van der Waals surface area contributed by atoms with E-state index in [1.807, 2.05) is 30.3 Å². The topological polar surface area (TPSA) is 21.3 Å². The summed E-state index contributed by atoms with van der Waals surface area (Å²) in [6.45, 7) is 4.83. The van der Waals surface area contributed by atoms with Crippen LogP contribution in [-0.2, 0) is 4.74 Å².